The van der Waals surface area contributed by atoms with E-state index in [1.807, 2.05) is 0 Å². The Balaban J connectivity index is 1.62. The summed E-state index contributed by atoms with van der Waals surface area (Å²) in [5.41, 5.74) is 0. The van der Waals surface area contributed by atoms with Gasteiger partial charge in [-0.1, -0.05) is 16.8 Å². The number of hydrogen-bond donors (Lipinski definition) is 0. The van der Waals surface area contributed by atoms with Crippen molar-refractivity contribution in [2.75, 3.05) is 4.90 Å². The van der Waals surface area contributed by atoms with Crippen LogP contribution < -0.4 is 4.90 Å². The lowest BCUT2D eigenvalue weighted by molar-refractivity contribution is -0.159. The van der Waals surface area contributed by atoms with Gasteiger partial charge in [0.1, 0.15) is 0 Å². The normalized spacial score (nSPS) is 11.6. The SMILES string of the molecule is FC(F)(F)c1nc(-c2ccc(CN(c3cnccn3)c3ccc(Cl)nn3)s2)no1. The van der Waals surface area contributed by atoms with Crippen LogP contribution in [0.15, 0.2) is 47.4 Å². The molecule has 0 aliphatic carbocycles. The zero-order chi connectivity index (χ0) is 20.4. The molecular formula is C16H9ClF3N7OS. The summed E-state index contributed by atoms with van der Waals surface area (Å²) in [6.07, 6.45) is -0.0720. The molecule has 0 spiro atoms. The van der Waals surface area contributed by atoms with E-state index < -0.39 is 12.1 Å². The number of anilines is 2. The maximum atomic E-state index is 12.7. The van der Waals surface area contributed by atoms with E-state index in [-0.39, 0.29) is 11.0 Å². The monoisotopic (exact) mass is 439 g/mol. The van der Waals surface area contributed by atoms with Crippen molar-refractivity contribution in [2.45, 2.75) is 12.7 Å². The topological polar surface area (TPSA) is 93.7 Å². The van der Waals surface area contributed by atoms with Crippen LogP contribution in [0.25, 0.3) is 10.7 Å². The Morgan fingerprint density at radius 1 is 1.07 bits per heavy atom. The van der Waals surface area contributed by atoms with E-state index in [1.54, 1.807) is 35.4 Å². The second-order valence-corrected chi connectivity index (χ2v) is 7.11. The summed E-state index contributed by atoms with van der Waals surface area (Å²) in [4.78, 5) is 14.7. The van der Waals surface area contributed by atoms with E-state index in [2.05, 4.69) is 34.8 Å². The fraction of sp³-hybridized carbons (Fsp3) is 0.125. The number of aromatic nitrogens is 6. The first-order valence-corrected chi connectivity index (χ1v) is 9.12. The molecule has 0 aliphatic rings. The van der Waals surface area contributed by atoms with Crippen LogP contribution in [-0.4, -0.2) is 30.3 Å². The minimum absolute atomic E-state index is 0.133. The van der Waals surface area contributed by atoms with Crippen LogP contribution in [0, 0.1) is 0 Å². The zero-order valence-electron chi connectivity index (χ0n) is 14.2. The van der Waals surface area contributed by atoms with Crippen LogP contribution in [0.4, 0.5) is 24.8 Å². The van der Waals surface area contributed by atoms with Gasteiger partial charge in [0, 0.05) is 17.3 Å². The molecule has 29 heavy (non-hydrogen) atoms. The molecule has 0 atom stereocenters. The van der Waals surface area contributed by atoms with E-state index in [0.717, 1.165) is 4.88 Å². The van der Waals surface area contributed by atoms with Crippen LogP contribution in [0.1, 0.15) is 10.8 Å². The van der Waals surface area contributed by atoms with Crippen molar-refractivity contribution < 1.29 is 17.7 Å². The molecule has 8 nitrogen and oxygen atoms in total. The molecule has 0 bridgehead atoms. The highest BCUT2D eigenvalue weighted by atomic mass is 35.5. The molecule has 0 aromatic carbocycles. The third-order valence-corrected chi connectivity index (χ3v) is 4.85. The van der Waals surface area contributed by atoms with Gasteiger partial charge in [0.2, 0.25) is 5.82 Å². The Morgan fingerprint density at radius 3 is 2.59 bits per heavy atom. The Labute approximate surface area is 170 Å². The largest absolute Gasteiger partial charge is 0.471 e. The number of nitrogens with zero attached hydrogens (tertiary/aromatic N) is 7. The first kappa shape index (κ1) is 19.2. The van der Waals surface area contributed by atoms with Gasteiger partial charge in [-0.15, -0.1) is 21.5 Å². The van der Waals surface area contributed by atoms with Crippen LogP contribution >= 0.6 is 22.9 Å². The van der Waals surface area contributed by atoms with Crippen molar-refractivity contribution in [2.24, 2.45) is 0 Å². The highest BCUT2D eigenvalue weighted by Gasteiger charge is 2.38. The van der Waals surface area contributed by atoms with E-state index in [4.69, 9.17) is 11.6 Å². The van der Waals surface area contributed by atoms with Crippen molar-refractivity contribution in [3.05, 3.63) is 58.8 Å². The highest BCUT2D eigenvalue weighted by Crippen LogP contribution is 2.33. The molecule has 4 heterocycles. The summed E-state index contributed by atoms with van der Waals surface area (Å²) in [7, 11) is 0. The maximum Gasteiger partial charge on any atom is 0.471 e. The van der Waals surface area contributed by atoms with Gasteiger partial charge in [0.15, 0.2) is 16.8 Å². The summed E-state index contributed by atoms with van der Waals surface area (Å²) in [5, 5.41) is 11.5. The van der Waals surface area contributed by atoms with Crippen LogP contribution in [0.3, 0.4) is 0 Å². The summed E-state index contributed by atoms with van der Waals surface area (Å²) >= 11 is 7.02. The fourth-order valence-electron chi connectivity index (χ4n) is 2.34. The number of rotatable bonds is 5. The van der Waals surface area contributed by atoms with E-state index in [1.165, 1.54) is 23.7 Å². The lowest BCUT2D eigenvalue weighted by atomic mass is 10.3. The molecule has 0 saturated heterocycles. The van der Waals surface area contributed by atoms with Crippen molar-refractivity contribution in [3.63, 3.8) is 0 Å². The minimum Gasteiger partial charge on any atom is -0.329 e. The average molecular weight is 440 g/mol. The van der Waals surface area contributed by atoms with E-state index in [9.17, 15) is 13.2 Å². The lowest BCUT2D eigenvalue weighted by Crippen LogP contribution is -2.18. The number of halogens is 4. The fourth-order valence-corrected chi connectivity index (χ4v) is 3.36. The molecule has 0 saturated carbocycles. The van der Waals surface area contributed by atoms with Crippen LogP contribution in [0.5, 0.6) is 0 Å². The van der Waals surface area contributed by atoms with Crippen LogP contribution in [0.2, 0.25) is 5.15 Å². The number of thiophene rings is 1. The van der Waals surface area contributed by atoms with Gasteiger partial charge in [-0.2, -0.15) is 18.2 Å². The summed E-state index contributed by atoms with van der Waals surface area (Å²) in [6.45, 7) is 0.309. The van der Waals surface area contributed by atoms with E-state index in [0.29, 0.717) is 23.1 Å². The Morgan fingerprint density at radius 2 is 1.93 bits per heavy atom. The van der Waals surface area contributed by atoms with E-state index >= 15 is 0 Å². The first-order chi connectivity index (χ1) is 13.9. The second-order valence-electron chi connectivity index (χ2n) is 5.55. The van der Waals surface area contributed by atoms with Gasteiger partial charge >= 0.3 is 12.1 Å². The summed E-state index contributed by atoms with van der Waals surface area (Å²) in [6, 6.07) is 6.63. The molecule has 13 heteroatoms. The average Bonchev–Trinajstić information content (AvgIpc) is 3.37. The molecule has 0 N–H and O–H groups in total. The predicted octanol–water partition coefficient (Wildman–Crippen LogP) is 4.39. The van der Waals surface area contributed by atoms with Crippen molar-refractivity contribution in [1.29, 1.82) is 0 Å². The van der Waals surface area contributed by atoms with Crippen LogP contribution in [-0.2, 0) is 12.7 Å². The summed E-state index contributed by atoms with van der Waals surface area (Å²) in [5.74, 6) is -0.534. The third kappa shape index (κ3) is 4.32. The maximum absolute atomic E-state index is 12.7. The summed E-state index contributed by atoms with van der Waals surface area (Å²) < 4.78 is 42.3. The molecular weight excluding hydrogens is 431 g/mol. The van der Waals surface area contributed by atoms with Crippen molar-refractivity contribution in [1.82, 2.24) is 30.3 Å². The Bertz CT molecular complexity index is 1100. The Kier molecular flexibility index (Phi) is 5.11. The van der Waals surface area contributed by atoms with Gasteiger partial charge in [-0.25, -0.2) is 4.98 Å². The minimum atomic E-state index is -4.69. The lowest BCUT2D eigenvalue weighted by Gasteiger charge is -2.21. The molecule has 0 aliphatic heterocycles. The quantitative estimate of drug-likeness (QED) is 0.452. The highest BCUT2D eigenvalue weighted by molar-refractivity contribution is 7.15. The molecule has 0 fully saturated rings. The van der Waals surface area contributed by atoms with Gasteiger partial charge < -0.3 is 9.42 Å². The molecule has 4 rings (SSSR count). The first-order valence-electron chi connectivity index (χ1n) is 7.93. The molecule has 0 unspecified atom stereocenters. The molecule has 4 aromatic rings. The van der Waals surface area contributed by atoms with Crippen molar-refractivity contribution in [3.8, 4) is 10.7 Å². The molecule has 0 amide bonds. The Hall–Kier alpha value is -3.12. The molecule has 4 aromatic heterocycles. The smallest absolute Gasteiger partial charge is 0.329 e. The molecule has 148 valence electrons. The van der Waals surface area contributed by atoms with Gasteiger partial charge in [0.25, 0.3) is 0 Å². The van der Waals surface area contributed by atoms with Crippen molar-refractivity contribution >= 4 is 34.6 Å². The predicted molar refractivity (Wildman–Crippen MR) is 97.5 cm³/mol. The second kappa shape index (κ2) is 7.72. The standard InChI is InChI=1S/C16H9ClF3N7OS/c17-11-3-4-12(25-24-11)27(13-7-21-5-6-22-13)8-9-1-2-10(29-9)14-23-15(28-26-14)16(18,19)20/h1-7H,8H2. The third-order valence-electron chi connectivity index (χ3n) is 3.59. The number of hydrogen-bond acceptors (Lipinski definition) is 9. The van der Waals surface area contributed by atoms with Gasteiger partial charge in [0.05, 0.1) is 17.6 Å². The van der Waals surface area contributed by atoms with Gasteiger partial charge in [-0.05, 0) is 24.3 Å². The number of alkyl halides is 3. The molecule has 0 radical (unpaired) electrons. The van der Waals surface area contributed by atoms with Gasteiger partial charge in [-0.3, -0.25) is 4.98 Å². The zero-order valence-corrected chi connectivity index (χ0v) is 15.8.